The third kappa shape index (κ3) is 4.17. The molecule has 0 aromatic carbocycles. The van der Waals surface area contributed by atoms with Gasteiger partial charge in [-0.25, -0.2) is 4.79 Å². The number of halogens is 3. The van der Waals surface area contributed by atoms with Crippen LogP contribution in [0.1, 0.15) is 0 Å². The van der Waals surface area contributed by atoms with Crippen molar-refractivity contribution in [2.24, 2.45) is 0 Å². The van der Waals surface area contributed by atoms with Gasteiger partial charge in [0.2, 0.25) is 0 Å². The van der Waals surface area contributed by atoms with Gasteiger partial charge in [-0.15, -0.1) is 0 Å². The second kappa shape index (κ2) is 3.11. The van der Waals surface area contributed by atoms with E-state index in [4.69, 9.17) is 9.90 Å². The zero-order chi connectivity index (χ0) is 6.08. The summed E-state index contributed by atoms with van der Waals surface area (Å²) in [6, 6.07) is 0. The van der Waals surface area contributed by atoms with Crippen LogP contribution < -0.4 is 0 Å². The van der Waals surface area contributed by atoms with Gasteiger partial charge in [-0.1, -0.05) is 0 Å². The summed E-state index contributed by atoms with van der Waals surface area (Å²) in [7, 11) is 0. The van der Waals surface area contributed by atoms with Crippen LogP contribution in [0.2, 0.25) is 0 Å². The molecule has 1 N–H and O–H groups in total. The third-order valence-electron chi connectivity index (χ3n) is 0.243. The largest absolute Gasteiger partial charge is 0.490 e. The van der Waals surface area contributed by atoms with Crippen molar-refractivity contribution in [1.29, 1.82) is 0 Å². The monoisotopic (exact) mass is 311 g/mol. The summed E-state index contributed by atoms with van der Waals surface area (Å²) >= 11 is 0. The predicted molar refractivity (Wildman–Crippen MR) is 13.7 cm³/mol. The molecule has 0 saturated heterocycles. The van der Waals surface area contributed by atoms with Gasteiger partial charge in [0.15, 0.2) is 0 Å². The molecule has 2 nitrogen and oxygen atoms in total. The summed E-state index contributed by atoms with van der Waals surface area (Å²) in [5.41, 5.74) is 0. The van der Waals surface area contributed by atoms with Crippen LogP contribution in [-0.4, -0.2) is 17.3 Å². The first-order chi connectivity index (χ1) is 2.94. The van der Waals surface area contributed by atoms with Crippen LogP contribution in [0.4, 0.5) is 13.2 Å². The fraction of sp³-hybridized carbons (Fsp3) is 0.500. The number of hydrogen-bond acceptors (Lipinski definition) is 1. The Labute approximate surface area is 58.2 Å². The van der Waals surface area contributed by atoms with Crippen molar-refractivity contribution < 1.29 is 45.5 Å². The molecular weight excluding hydrogens is 310 g/mol. The quantitative estimate of drug-likeness (QED) is 0.667. The van der Waals surface area contributed by atoms with E-state index in [2.05, 4.69) is 0 Å². The third-order valence-corrected chi connectivity index (χ3v) is 0.243. The van der Waals surface area contributed by atoms with Crippen LogP contribution in [0.25, 0.3) is 0 Å². The van der Waals surface area contributed by atoms with Gasteiger partial charge in [0.05, 0.1) is 0 Å². The van der Waals surface area contributed by atoms with Crippen molar-refractivity contribution in [2.45, 2.75) is 6.18 Å². The molecule has 0 aliphatic carbocycles. The van der Waals surface area contributed by atoms with Crippen LogP contribution in [0.15, 0.2) is 0 Å². The molecule has 8 heavy (non-hydrogen) atoms. The Kier molecular flexibility index (Phi) is 4.23. The molecule has 0 rings (SSSR count). The minimum atomic E-state index is -5.08. The van der Waals surface area contributed by atoms with E-state index in [9.17, 15) is 13.2 Å². The van der Waals surface area contributed by atoms with E-state index in [1.54, 1.807) is 0 Å². The van der Waals surface area contributed by atoms with Gasteiger partial charge >= 0.3 is 12.1 Å². The molecule has 0 heterocycles. The fourth-order valence-corrected chi connectivity index (χ4v) is 0. The Bertz CT molecular complexity index is 87.8. The minimum absolute atomic E-state index is 0. The summed E-state index contributed by atoms with van der Waals surface area (Å²) in [6.07, 6.45) is -5.08. The topological polar surface area (TPSA) is 37.3 Å². The maximum Gasteiger partial charge on any atom is 0.490 e. The molecule has 0 spiro atoms. The zero-order valence-corrected chi connectivity index (χ0v) is 5.46. The molecule has 0 bridgehead atoms. The first-order valence-electron chi connectivity index (χ1n) is 1.24. The van der Waals surface area contributed by atoms with Crippen molar-refractivity contribution in [1.82, 2.24) is 0 Å². The molecule has 0 fully saturated rings. The second-order valence-corrected chi connectivity index (χ2v) is 0.803. The molecule has 0 aromatic rings. The molecule has 0 amide bonds. The number of carboxylic acid groups (broad SMARTS) is 1. The summed E-state index contributed by atoms with van der Waals surface area (Å²) in [4.78, 5) is 8.90. The van der Waals surface area contributed by atoms with Gasteiger partial charge in [0, 0.05) is 22.4 Å². The van der Waals surface area contributed by atoms with E-state index in [0.717, 1.165) is 0 Å². The van der Waals surface area contributed by atoms with E-state index in [-0.39, 0.29) is 22.4 Å². The van der Waals surface area contributed by atoms with Gasteiger partial charge in [-0.05, 0) is 0 Å². The van der Waals surface area contributed by atoms with Crippen molar-refractivity contribution in [2.75, 3.05) is 0 Å². The van der Waals surface area contributed by atoms with Crippen LogP contribution >= 0.6 is 0 Å². The SMILES string of the molecule is O=C(O)C(F)(F)F.[Au]. The smallest absolute Gasteiger partial charge is 0.475 e. The maximum absolute atomic E-state index is 10.6. The average molecular weight is 311 g/mol. The number of alkyl halides is 3. The molecule has 0 unspecified atom stereocenters. The number of carboxylic acids is 1. The van der Waals surface area contributed by atoms with Gasteiger partial charge in [0.25, 0.3) is 0 Å². The number of carbonyl (C=O) groups is 1. The van der Waals surface area contributed by atoms with E-state index < -0.39 is 12.1 Å². The zero-order valence-electron chi connectivity index (χ0n) is 3.29. The van der Waals surface area contributed by atoms with Gasteiger partial charge in [-0.3, -0.25) is 0 Å². The molecule has 0 atom stereocenters. The summed E-state index contributed by atoms with van der Waals surface area (Å²) in [5, 5.41) is 7.12. The average Bonchev–Trinajstić information content (AvgIpc) is 1.31. The molecule has 0 saturated carbocycles. The summed E-state index contributed by atoms with van der Waals surface area (Å²) in [6.45, 7) is 0. The van der Waals surface area contributed by atoms with Crippen molar-refractivity contribution in [3.8, 4) is 0 Å². The molecule has 0 aliphatic rings. The first kappa shape index (κ1) is 10.9. The Morgan fingerprint density at radius 1 is 1.38 bits per heavy atom. The summed E-state index contributed by atoms with van der Waals surface area (Å²) < 4.78 is 31.7. The number of hydrogen-bond donors (Lipinski definition) is 1. The predicted octanol–water partition coefficient (Wildman–Crippen LogP) is 0.631. The van der Waals surface area contributed by atoms with E-state index in [1.165, 1.54) is 0 Å². The minimum Gasteiger partial charge on any atom is -0.475 e. The van der Waals surface area contributed by atoms with Gasteiger partial charge in [0.1, 0.15) is 0 Å². The first-order valence-corrected chi connectivity index (χ1v) is 1.24. The Hall–Kier alpha value is 0.000260. The van der Waals surface area contributed by atoms with Crippen molar-refractivity contribution >= 4 is 5.97 Å². The molecule has 0 aromatic heterocycles. The Morgan fingerprint density at radius 3 is 1.50 bits per heavy atom. The van der Waals surface area contributed by atoms with Crippen LogP contribution in [0.3, 0.4) is 0 Å². The molecule has 1 radical (unpaired) electrons. The van der Waals surface area contributed by atoms with E-state index in [0.29, 0.717) is 0 Å². The van der Waals surface area contributed by atoms with Crippen LogP contribution in [0, 0.1) is 0 Å². The van der Waals surface area contributed by atoms with Gasteiger partial charge in [-0.2, -0.15) is 13.2 Å². The second-order valence-electron chi connectivity index (χ2n) is 0.803. The van der Waals surface area contributed by atoms with E-state index in [1.807, 2.05) is 0 Å². The standard InChI is InChI=1S/C2HF3O2.Au/c3-2(4,5)1(6)7;/h(H,6,7);. The molecule has 53 valence electrons. The molecule has 6 heteroatoms. The normalized spacial score (nSPS) is 9.88. The summed E-state index contributed by atoms with van der Waals surface area (Å²) in [5.74, 6) is -2.76. The van der Waals surface area contributed by atoms with E-state index >= 15 is 0 Å². The number of aliphatic carboxylic acids is 1. The number of rotatable bonds is 0. The maximum atomic E-state index is 10.6. The molecule has 0 aliphatic heterocycles. The van der Waals surface area contributed by atoms with Crippen molar-refractivity contribution in [3.63, 3.8) is 0 Å². The fourth-order valence-electron chi connectivity index (χ4n) is 0. The van der Waals surface area contributed by atoms with Gasteiger partial charge < -0.3 is 5.11 Å². The Morgan fingerprint density at radius 2 is 1.50 bits per heavy atom. The Balaban J connectivity index is 0. The van der Waals surface area contributed by atoms with Crippen molar-refractivity contribution in [3.05, 3.63) is 0 Å². The van der Waals surface area contributed by atoms with Crippen LogP contribution in [0.5, 0.6) is 0 Å². The van der Waals surface area contributed by atoms with Crippen LogP contribution in [-0.2, 0) is 27.2 Å². The molecular formula is C2HAuF3O2.